The van der Waals surface area contributed by atoms with Crippen LogP contribution in [0, 0.1) is 17.3 Å². The van der Waals surface area contributed by atoms with Gasteiger partial charge in [0, 0.05) is 33.9 Å². The Morgan fingerprint density at radius 3 is 0.763 bits per heavy atom. The molecule has 4 aromatic rings. The van der Waals surface area contributed by atoms with Gasteiger partial charge in [0.1, 0.15) is 23.0 Å². The quantitative estimate of drug-likeness (QED) is 0.139. The molecule has 0 bridgehead atoms. The fourth-order valence-corrected chi connectivity index (χ4v) is 10.3. The summed E-state index contributed by atoms with van der Waals surface area (Å²) >= 11 is 0. The van der Waals surface area contributed by atoms with E-state index < -0.39 is 0 Å². The average Bonchev–Trinajstić information content (AvgIpc) is 3.49. The zero-order chi connectivity index (χ0) is 56.5. The lowest BCUT2D eigenvalue weighted by Crippen LogP contribution is -2.38. The van der Waals surface area contributed by atoms with Crippen LogP contribution in [-0.2, 0) is 24.4 Å². The van der Waals surface area contributed by atoms with Crippen molar-refractivity contribution in [3.05, 3.63) is 120 Å². The zero-order valence-corrected chi connectivity index (χ0v) is 51.3. The molecule has 8 nitrogen and oxygen atoms in total. The van der Waals surface area contributed by atoms with Crippen molar-refractivity contribution >= 4 is 0 Å². The molecule has 0 radical (unpaired) electrons. The summed E-state index contributed by atoms with van der Waals surface area (Å²) in [7, 11) is 14.0. The highest BCUT2D eigenvalue weighted by molar-refractivity contribution is 5.41. The molecule has 0 N–H and O–H groups in total. The Morgan fingerprint density at radius 1 is 0.316 bits per heavy atom. The SMILES string of the molecule is CCC.CCC.COC1CCC(C(C)(C)C2CCC(OC)CC2)CC1.COC1CCCCC1.COC1CCCCC1.COc1ccc(C(C)(C)c2ccc(OC)cc2)cc1.COc1ccccc1.COc1ccccc1. The third-order valence-corrected chi connectivity index (χ3v) is 15.5. The molecule has 76 heavy (non-hydrogen) atoms. The lowest BCUT2D eigenvalue weighted by atomic mass is 9.60. The van der Waals surface area contributed by atoms with E-state index in [0.717, 1.165) is 34.8 Å². The molecule has 8 heteroatoms. The molecule has 0 spiro atoms. The lowest BCUT2D eigenvalue weighted by molar-refractivity contribution is -0.0167. The molecule has 0 saturated heterocycles. The lowest BCUT2D eigenvalue weighted by Gasteiger charge is -2.46. The minimum absolute atomic E-state index is 0.0431. The van der Waals surface area contributed by atoms with Gasteiger partial charge in [-0.15, -0.1) is 0 Å². The Labute approximate surface area is 467 Å². The second kappa shape index (κ2) is 42.9. The first-order valence-corrected chi connectivity index (χ1v) is 29.3. The molecule has 0 aliphatic heterocycles. The topological polar surface area (TPSA) is 73.8 Å². The molecule has 4 saturated carbocycles. The van der Waals surface area contributed by atoms with Crippen LogP contribution in [0.4, 0.5) is 0 Å². The Hall–Kier alpha value is -4.08. The zero-order valence-electron chi connectivity index (χ0n) is 51.3. The van der Waals surface area contributed by atoms with E-state index in [4.69, 9.17) is 37.9 Å². The number of methoxy groups -OCH3 is 8. The Balaban J connectivity index is 0.000000466. The summed E-state index contributed by atoms with van der Waals surface area (Å²) in [5.41, 5.74) is 2.98. The summed E-state index contributed by atoms with van der Waals surface area (Å²) in [4.78, 5) is 0. The summed E-state index contributed by atoms with van der Waals surface area (Å²) < 4.78 is 41.6. The monoisotopic (exact) mass is 1060 g/mol. The molecule has 0 aromatic heterocycles. The number of rotatable bonds is 12. The van der Waals surface area contributed by atoms with Crippen LogP contribution < -0.4 is 18.9 Å². The van der Waals surface area contributed by atoms with E-state index in [-0.39, 0.29) is 5.41 Å². The summed E-state index contributed by atoms with van der Waals surface area (Å²) in [6.07, 6.45) is 28.7. The Kier molecular flexibility index (Phi) is 39.5. The van der Waals surface area contributed by atoms with Gasteiger partial charge in [-0.05, 0) is 154 Å². The van der Waals surface area contributed by atoms with Crippen molar-refractivity contribution in [1.82, 2.24) is 0 Å². The van der Waals surface area contributed by atoms with Gasteiger partial charge >= 0.3 is 0 Å². The number of hydrogen-bond donors (Lipinski definition) is 0. The van der Waals surface area contributed by atoms with E-state index >= 15 is 0 Å². The Bertz CT molecular complexity index is 1720. The number of para-hydroxylation sites is 2. The number of hydrogen-bond acceptors (Lipinski definition) is 8. The van der Waals surface area contributed by atoms with Crippen molar-refractivity contribution < 1.29 is 37.9 Å². The predicted molar refractivity (Wildman–Crippen MR) is 323 cm³/mol. The normalized spacial score (nSPS) is 19.4. The molecule has 4 aromatic carbocycles. The van der Waals surface area contributed by atoms with E-state index in [9.17, 15) is 0 Å². The summed E-state index contributed by atoms with van der Waals surface area (Å²) in [5, 5.41) is 0. The van der Waals surface area contributed by atoms with Gasteiger partial charge in [0.25, 0.3) is 0 Å². The van der Waals surface area contributed by atoms with Gasteiger partial charge < -0.3 is 37.9 Å². The summed E-state index contributed by atoms with van der Waals surface area (Å²) in [6.45, 7) is 18.0. The van der Waals surface area contributed by atoms with Gasteiger partial charge in [-0.2, -0.15) is 0 Å². The molecular weight excluding hydrogens is 945 g/mol. The highest BCUT2D eigenvalue weighted by atomic mass is 16.5. The van der Waals surface area contributed by atoms with Crippen molar-refractivity contribution in [3.63, 3.8) is 0 Å². The highest BCUT2D eigenvalue weighted by Gasteiger charge is 2.40. The number of ether oxygens (including phenoxy) is 8. The van der Waals surface area contributed by atoms with Crippen LogP contribution in [0.25, 0.3) is 0 Å². The minimum atomic E-state index is -0.0431. The average molecular weight is 1060 g/mol. The van der Waals surface area contributed by atoms with Crippen LogP contribution in [-0.4, -0.2) is 81.3 Å². The third kappa shape index (κ3) is 28.5. The fraction of sp³-hybridized carbons (Fsp3) is 0.647. The second-order valence-corrected chi connectivity index (χ2v) is 21.8. The van der Waals surface area contributed by atoms with Crippen LogP contribution in [0.3, 0.4) is 0 Å². The van der Waals surface area contributed by atoms with Gasteiger partial charge in [0.15, 0.2) is 0 Å². The van der Waals surface area contributed by atoms with Crippen LogP contribution >= 0.6 is 0 Å². The molecule has 8 rings (SSSR count). The van der Waals surface area contributed by atoms with Crippen molar-refractivity contribution in [2.24, 2.45) is 17.3 Å². The molecule has 0 atom stereocenters. The van der Waals surface area contributed by atoms with E-state index in [1.54, 1.807) is 28.4 Å². The van der Waals surface area contributed by atoms with Gasteiger partial charge in [-0.3, -0.25) is 0 Å². The largest absolute Gasteiger partial charge is 0.497 e. The minimum Gasteiger partial charge on any atom is -0.497 e. The van der Waals surface area contributed by atoms with Crippen molar-refractivity contribution in [2.75, 3.05) is 56.9 Å². The van der Waals surface area contributed by atoms with E-state index in [0.29, 0.717) is 29.8 Å². The second-order valence-electron chi connectivity index (χ2n) is 21.8. The van der Waals surface area contributed by atoms with Gasteiger partial charge in [0.2, 0.25) is 0 Å². The summed E-state index contributed by atoms with van der Waals surface area (Å²) in [6, 6.07) is 35.8. The van der Waals surface area contributed by atoms with E-state index in [1.165, 1.54) is 140 Å². The Morgan fingerprint density at radius 2 is 0.553 bits per heavy atom. The standard InChI is InChI=1S/C17H32O2.C17H20O2.2C7H14O.2C7H8O.2C3H8/c2*1-17(2,13-5-9-15(18-3)10-6-13)14-7-11-16(19-4)12-8-14;4*1-8-7-5-3-2-4-6-7;2*1-3-2/h13-16H,5-12H2,1-4H3;5-12H,1-4H3;2*7H,2-6H2,1H3;2*2-6H,1H3;2*3H2,1-2H3. The van der Waals surface area contributed by atoms with Crippen molar-refractivity contribution in [1.29, 1.82) is 0 Å². The third-order valence-electron chi connectivity index (χ3n) is 15.5. The van der Waals surface area contributed by atoms with Crippen LogP contribution in [0.5, 0.6) is 23.0 Å². The maximum Gasteiger partial charge on any atom is 0.118 e. The van der Waals surface area contributed by atoms with E-state index in [1.807, 2.05) is 113 Å². The number of benzene rings is 4. The maximum atomic E-state index is 5.51. The van der Waals surface area contributed by atoms with Crippen LogP contribution in [0.2, 0.25) is 0 Å². The molecule has 4 fully saturated rings. The first kappa shape index (κ1) is 69.9. The molecular formula is C68H112O8. The van der Waals surface area contributed by atoms with Crippen LogP contribution in [0.15, 0.2) is 109 Å². The van der Waals surface area contributed by atoms with Crippen molar-refractivity contribution in [3.8, 4) is 23.0 Å². The molecule has 0 heterocycles. The molecule has 4 aliphatic rings. The maximum absolute atomic E-state index is 5.51. The van der Waals surface area contributed by atoms with Crippen molar-refractivity contribution in [2.45, 2.75) is 214 Å². The smallest absolute Gasteiger partial charge is 0.118 e. The van der Waals surface area contributed by atoms with Crippen LogP contribution in [0.1, 0.15) is 195 Å². The molecule has 0 unspecified atom stereocenters. The highest BCUT2D eigenvalue weighted by Crippen LogP contribution is 2.49. The van der Waals surface area contributed by atoms with Gasteiger partial charge in [-0.1, -0.05) is 167 Å². The molecule has 432 valence electrons. The first-order valence-electron chi connectivity index (χ1n) is 29.3. The van der Waals surface area contributed by atoms with Gasteiger partial charge in [0.05, 0.1) is 52.9 Å². The molecule has 4 aliphatic carbocycles. The fourth-order valence-electron chi connectivity index (χ4n) is 10.3. The molecule has 0 amide bonds. The predicted octanol–water partition coefficient (Wildman–Crippen LogP) is 18.6. The first-order chi connectivity index (χ1) is 36.7. The van der Waals surface area contributed by atoms with E-state index in [2.05, 4.69) is 79.7 Å². The summed E-state index contributed by atoms with van der Waals surface area (Å²) in [5.74, 6) is 5.37. The van der Waals surface area contributed by atoms with Gasteiger partial charge in [-0.25, -0.2) is 0 Å².